The summed E-state index contributed by atoms with van der Waals surface area (Å²) in [4.78, 5) is 25.0. The summed E-state index contributed by atoms with van der Waals surface area (Å²) >= 11 is 3.35. The average Bonchev–Trinajstić information content (AvgIpc) is 2.98. The van der Waals surface area contributed by atoms with Gasteiger partial charge in [-0.25, -0.2) is 0 Å². The number of carbonyl (C=O) groups excluding carboxylic acids is 2. The number of nitrogens with one attached hydrogen (secondary N) is 1. The number of hydrogen-bond acceptors (Lipinski definition) is 3. The Hall–Kier alpha value is -2.08. The van der Waals surface area contributed by atoms with Gasteiger partial charge in [0, 0.05) is 30.2 Å². The van der Waals surface area contributed by atoms with Gasteiger partial charge >= 0.3 is 0 Å². The lowest BCUT2D eigenvalue weighted by Crippen LogP contribution is -2.37. The van der Waals surface area contributed by atoms with E-state index in [9.17, 15) is 9.59 Å². The molecule has 1 N–H and O–H groups in total. The highest BCUT2D eigenvalue weighted by Gasteiger charge is 2.13. The van der Waals surface area contributed by atoms with Gasteiger partial charge in [-0.2, -0.15) is 0 Å². The summed E-state index contributed by atoms with van der Waals surface area (Å²) in [5, 5.41) is 2.72. The van der Waals surface area contributed by atoms with Crippen LogP contribution in [0.2, 0.25) is 0 Å². The van der Waals surface area contributed by atoms with Crippen LogP contribution in [0.3, 0.4) is 0 Å². The van der Waals surface area contributed by atoms with Crippen molar-refractivity contribution in [2.24, 2.45) is 0 Å². The fourth-order valence-corrected chi connectivity index (χ4v) is 2.13. The third kappa shape index (κ3) is 4.19. The fourth-order valence-electron chi connectivity index (χ4n) is 1.87. The third-order valence-electron chi connectivity index (χ3n) is 2.88. The molecule has 110 valence electrons. The van der Waals surface area contributed by atoms with Crippen LogP contribution in [0.15, 0.2) is 51.6 Å². The van der Waals surface area contributed by atoms with Crippen LogP contribution >= 0.6 is 15.9 Å². The van der Waals surface area contributed by atoms with E-state index in [2.05, 4.69) is 21.2 Å². The SMILES string of the molecule is CC(=O)N(CCNC(=O)c1ccco1)c1ccc(Br)cc1. The molecule has 5 nitrogen and oxygen atoms in total. The molecule has 0 unspecified atom stereocenters. The highest BCUT2D eigenvalue weighted by atomic mass is 79.9. The molecule has 2 amide bonds. The minimum atomic E-state index is -0.292. The van der Waals surface area contributed by atoms with Crippen LogP contribution in [0, 0.1) is 0 Å². The zero-order valence-electron chi connectivity index (χ0n) is 11.5. The lowest BCUT2D eigenvalue weighted by Gasteiger charge is -2.21. The van der Waals surface area contributed by atoms with Crippen LogP contribution in [0.25, 0.3) is 0 Å². The summed E-state index contributed by atoms with van der Waals surface area (Å²) in [6.45, 7) is 2.23. The topological polar surface area (TPSA) is 62.6 Å². The molecule has 1 aromatic carbocycles. The van der Waals surface area contributed by atoms with Gasteiger partial charge in [-0.15, -0.1) is 0 Å². The van der Waals surface area contributed by atoms with Crippen LogP contribution in [0.1, 0.15) is 17.5 Å². The zero-order chi connectivity index (χ0) is 15.2. The summed E-state index contributed by atoms with van der Waals surface area (Å²) in [6, 6.07) is 10.7. The summed E-state index contributed by atoms with van der Waals surface area (Å²) in [5.74, 6) is -0.114. The Kier molecular flexibility index (Phi) is 5.16. The van der Waals surface area contributed by atoms with Gasteiger partial charge in [0.2, 0.25) is 5.91 Å². The fraction of sp³-hybridized carbons (Fsp3) is 0.200. The first-order valence-electron chi connectivity index (χ1n) is 6.43. The second kappa shape index (κ2) is 7.08. The maximum Gasteiger partial charge on any atom is 0.287 e. The second-order valence-electron chi connectivity index (χ2n) is 4.38. The molecule has 21 heavy (non-hydrogen) atoms. The molecule has 0 fully saturated rings. The number of nitrogens with zero attached hydrogens (tertiary/aromatic N) is 1. The maximum absolute atomic E-state index is 11.7. The molecule has 0 spiro atoms. The van der Waals surface area contributed by atoms with E-state index in [1.165, 1.54) is 13.2 Å². The Morgan fingerprint density at radius 3 is 2.52 bits per heavy atom. The third-order valence-corrected chi connectivity index (χ3v) is 3.41. The van der Waals surface area contributed by atoms with Crippen molar-refractivity contribution in [3.05, 3.63) is 52.9 Å². The van der Waals surface area contributed by atoms with Crippen molar-refractivity contribution in [2.45, 2.75) is 6.92 Å². The van der Waals surface area contributed by atoms with Crippen molar-refractivity contribution in [3.63, 3.8) is 0 Å². The van der Waals surface area contributed by atoms with Gasteiger partial charge in [-0.05, 0) is 36.4 Å². The standard InChI is InChI=1S/C15H15BrN2O3/c1-11(19)18(13-6-4-12(16)5-7-13)9-8-17-15(20)14-3-2-10-21-14/h2-7,10H,8-9H2,1H3,(H,17,20). The van der Waals surface area contributed by atoms with Crippen LogP contribution in [-0.2, 0) is 4.79 Å². The van der Waals surface area contributed by atoms with E-state index in [0.29, 0.717) is 13.1 Å². The molecule has 0 bridgehead atoms. The number of rotatable bonds is 5. The number of benzene rings is 1. The minimum absolute atomic E-state index is 0.0791. The number of carbonyl (C=O) groups is 2. The average molecular weight is 351 g/mol. The van der Waals surface area contributed by atoms with Crippen molar-refractivity contribution in [1.29, 1.82) is 0 Å². The zero-order valence-corrected chi connectivity index (χ0v) is 13.1. The van der Waals surface area contributed by atoms with E-state index < -0.39 is 0 Å². The minimum Gasteiger partial charge on any atom is -0.459 e. The predicted molar refractivity (Wildman–Crippen MR) is 83.2 cm³/mol. The van der Waals surface area contributed by atoms with Crippen LogP contribution in [0.4, 0.5) is 5.69 Å². The molecule has 2 aromatic rings. The molecule has 0 aliphatic rings. The normalized spacial score (nSPS) is 10.2. The lowest BCUT2D eigenvalue weighted by atomic mass is 10.3. The van der Waals surface area contributed by atoms with E-state index in [1.807, 2.05) is 24.3 Å². The largest absolute Gasteiger partial charge is 0.459 e. The van der Waals surface area contributed by atoms with Crippen molar-refractivity contribution in [1.82, 2.24) is 5.32 Å². The van der Waals surface area contributed by atoms with E-state index in [0.717, 1.165) is 10.2 Å². The number of furan rings is 1. The van der Waals surface area contributed by atoms with Gasteiger partial charge in [-0.1, -0.05) is 15.9 Å². The van der Waals surface area contributed by atoms with Gasteiger partial charge in [0.1, 0.15) is 0 Å². The molecular formula is C15H15BrN2O3. The molecule has 0 aliphatic carbocycles. The highest BCUT2D eigenvalue weighted by Crippen LogP contribution is 2.18. The Morgan fingerprint density at radius 1 is 1.24 bits per heavy atom. The second-order valence-corrected chi connectivity index (χ2v) is 5.30. The number of hydrogen-bond donors (Lipinski definition) is 1. The molecule has 1 heterocycles. The quantitative estimate of drug-likeness (QED) is 0.901. The van der Waals surface area contributed by atoms with E-state index in [4.69, 9.17) is 4.42 Å². The molecule has 0 atom stereocenters. The summed E-state index contributed by atoms with van der Waals surface area (Å²) in [7, 11) is 0. The van der Waals surface area contributed by atoms with Gasteiger partial charge in [0.25, 0.3) is 5.91 Å². The summed E-state index contributed by atoms with van der Waals surface area (Å²) in [6.07, 6.45) is 1.44. The predicted octanol–water partition coefficient (Wildman–Crippen LogP) is 2.83. The van der Waals surface area contributed by atoms with Crippen molar-refractivity contribution < 1.29 is 14.0 Å². The summed E-state index contributed by atoms with van der Waals surface area (Å²) < 4.78 is 5.95. The Morgan fingerprint density at radius 2 is 1.95 bits per heavy atom. The molecule has 1 aromatic heterocycles. The maximum atomic E-state index is 11.7. The van der Waals surface area contributed by atoms with Crippen LogP contribution < -0.4 is 10.2 Å². The number of anilines is 1. The van der Waals surface area contributed by atoms with E-state index in [-0.39, 0.29) is 17.6 Å². The Bertz CT molecular complexity index is 608. The Balaban J connectivity index is 1.93. The van der Waals surface area contributed by atoms with Gasteiger partial charge in [0.15, 0.2) is 5.76 Å². The lowest BCUT2D eigenvalue weighted by molar-refractivity contribution is -0.116. The number of amides is 2. The first-order valence-corrected chi connectivity index (χ1v) is 7.22. The van der Waals surface area contributed by atoms with Crippen molar-refractivity contribution in [2.75, 3.05) is 18.0 Å². The molecular weight excluding hydrogens is 336 g/mol. The van der Waals surface area contributed by atoms with Crippen molar-refractivity contribution >= 4 is 33.4 Å². The number of halogens is 1. The van der Waals surface area contributed by atoms with Crippen LogP contribution in [0.5, 0.6) is 0 Å². The molecule has 6 heteroatoms. The van der Waals surface area contributed by atoms with Crippen molar-refractivity contribution in [3.8, 4) is 0 Å². The molecule has 0 aliphatic heterocycles. The molecule has 0 radical (unpaired) electrons. The summed E-state index contributed by atoms with van der Waals surface area (Å²) in [5.41, 5.74) is 0.790. The van der Waals surface area contributed by atoms with Gasteiger partial charge < -0.3 is 14.6 Å². The van der Waals surface area contributed by atoms with E-state index >= 15 is 0 Å². The monoisotopic (exact) mass is 350 g/mol. The first-order chi connectivity index (χ1) is 10.1. The highest BCUT2D eigenvalue weighted by molar-refractivity contribution is 9.10. The smallest absolute Gasteiger partial charge is 0.287 e. The first kappa shape index (κ1) is 15.3. The van der Waals surface area contributed by atoms with Gasteiger partial charge in [0.05, 0.1) is 6.26 Å². The van der Waals surface area contributed by atoms with Crippen LogP contribution in [-0.4, -0.2) is 24.9 Å². The molecule has 0 saturated heterocycles. The van der Waals surface area contributed by atoms with Gasteiger partial charge in [-0.3, -0.25) is 9.59 Å². The van der Waals surface area contributed by atoms with E-state index in [1.54, 1.807) is 17.0 Å². The molecule has 0 saturated carbocycles. The molecule has 2 rings (SSSR count). The Labute approximate surface area is 131 Å².